The molecule has 62 valence electrons. The zero-order valence-electron chi connectivity index (χ0n) is 6.09. The van der Waals surface area contributed by atoms with E-state index in [1.54, 1.807) is 0 Å². The van der Waals surface area contributed by atoms with Gasteiger partial charge in [0, 0.05) is 0 Å². The second-order valence-electron chi connectivity index (χ2n) is 1.83. The molecule has 4 nitrogen and oxygen atoms in total. The molecule has 11 heavy (non-hydrogen) atoms. The van der Waals surface area contributed by atoms with E-state index in [0.717, 1.165) is 14.0 Å². The van der Waals surface area contributed by atoms with Gasteiger partial charge in [0.15, 0.2) is 11.2 Å². The summed E-state index contributed by atoms with van der Waals surface area (Å²) in [5.74, 6) is -2.69. The third kappa shape index (κ3) is 2.67. The Balaban J connectivity index is 4.25. The average Bonchev–Trinajstić information content (AvgIpc) is 2.00. The number of carbonyl (C=O) groups excluding carboxylic acids is 3. The SMILES string of the molecule is COC(=O)C(=O)[C@@H](Cl)C(C)=O. The van der Waals surface area contributed by atoms with Gasteiger partial charge in [0.1, 0.15) is 0 Å². The highest BCUT2D eigenvalue weighted by molar-refractivity contribution is 6.54. The van der Waals surface area contributed by atoms with Crippen LogP contribution in [0, 0.1) is 0 Å². The van der Waals surface area contributed by atoms with Crippen LogP contribution in [-0.2, 0) is 19.1 Å². The number of ether oxygens (including phenoxy) is 1. The summed E-state index contributed by atoms with van der Waals surface area (Å²) in [5.41, 5.74) is 0. The van der Waals surface area contributed by atoms with Crippen LogP contribution >= 0.6 is 11.6 Å². The largest absolute Gasteiger partial charge is 0.463 e. The number of hydrogen-bond donors (Lipinski definition) is 0. The molecule has 0 saturated carbocycles. The third-order valence-corrected chi connectivity index (χ3v) is 1.48. The summed E-state index contributed by atoms with van der Waals surface area (Å²) in [7, 11) is 1.05. The molecular weight excluding hydrogens is 172 g/mol. The first-order valence-corrected chi connectivity index (χ1v) is 3.21. The molecule has 0 N–H and O–H groups in total. The van der Waals surface area contributed by atoms with Crippen molar-refractivity contribution in [2.45, 2.75) is 12.3 Å². The molecule has 0 rings (SSSR count). The summed E-state index contributed by atoms with van der Waals surface area (Å²) >= 11 is 5.24. The molecule has 0 aromatic rings. The van der Waals surface area contributed by atoms with E-state index in [-0.39, 0.29) is 0 Å². The average molecular weight is 179 g/mol. The number of carbonyl (C=O) groups is 3. The molecule has 0 unspecified atom stereocenters. The summed E-state index contributed by atoms with van der Waals surface area (Å²) in [6.45, 7) is 1.12. The molecule has 1 atom stereocenters. The van der Waals surface area contributed by atoms with Gasteiger partial charge in [0.2, 0.25) is 0 Å². The second-order valence-corrected chi connectivity index (χ2v) is 2.27. The number of methoxy groups -OCH3 is 1. The minimum atomic E-state index is -1.41. The Kier molecular flexibility index (Phi) is 3.74. The maximum absolute atomic E-state index is 10.7. The molecule has 0 saturated heterocycles. The quantitative estimate of drug-likeness (QED) is 0.263. The summed E-state index contributed by atoms with van der Waals surface area (Å²) in [5, 5.41) is -1.41. The minimum Gasteiger partial charge on any atom is -0.463 e. The Morgan fingerprint density at radius 2 is 1.82 bits per heavy atom. The van der Waals surface area contributed by atoms with Gasteiger partial charge in [-0.25, -0.2) is 4.79 Å². The number of esters is 1. The maximum Gasteiger partial charge on any atom is 0.376 e. The highest BCUT2D eigenvalue weighted by Gasteiger charge is 2.27. The molecule has 0 aromatic heterocycles. The molecule has 0 bridgehead atoms. The van der Waals surface area contributed by atoms with Crippen molar-refractivity contribution in [1.82, 2.24) is 0 Å². The molecule has 0 fully saturated rings. The Morgan fingerprint density at radius 3 is 2.09 bits per heavy atom. The molecule has 0 radical (unpaired) electrons. The van der Waals surface area contributed by atoms with Crippen molar-refractivity contribution in [1.29, 1.82) is 0 Å². The lowest BCUT2D eigenvalue weighted by atomic mass is 10.2. The number of Topliss-reactive ketones (excluding diaryl/α,β-unsaturated/α-hetero) is 2. The van der Waals surface area contributed by atoms with Crippen LogP contribution in [0.4, 0.5) is 0 Å². The standard InChI is InChI=1S/C6H7ClO4/c1-3(8)4(7)5(9)6(10)11-2/h4H,1-2H3/t4-/m0/s1. The van der Waals surface area contributed by atoms with Crippen molar-refractivity contribution in [3.8, 4) is 0 Å². The number of halogens is 1. The van der Waals surface area contributed by atoms with E-state index in [0.29, 0.717) is 0 Å². The summed E-state index contributed by atoms with van der Waals surface area (Å²) < 4.78 is 4.06. The molecule has 0 aliphatic heterocycles. The Hall–Kier alpha value is -0.900. The van der Waals surface area contributed by atoms with E-state index >= 15 is 0 Å². The van der Waals surface area contributed by atoms with Gasteiger partial charge in [-0.05, 0) is 6.92 Å². The zero-order chi connectivity index (χ0) is 9.02. The lowest BCUT2D eigenvalue weighted by molar-refractivity contribution is -0.152. The van der Waals surface area contributed by atoms with Crippen molar-refractivity contribution in [3.05, 3.63) is 0 Å². The Morgan fingerprint density at radius 1 is 1.36 bits per heavy atom. The molecule has 0 aliphatic carbocycles. The Labute approximate surface area is 68.5 Å². The van der Waals surface area contributed by atoms with Crippen LogP contribution in [0.2, 0.25) is 0 Å². The van der Waals surface area contributed by atoms with Crippen LogP contribution in [0.5, 0.6) is 0 Å². The molecule has 0 aromatic carbocycles. The number of rotatable bonds is 3. The molecular formula is C6H7ClO4. The highest BCUT2D eigenvalue weighted by Crippen LogP contribution is 1.99. The predicted octanol–water partition coefficient (Wildman–Crippen LogP) is -0.0751. The van der Waals surface area contributed by atoms with Gasteiger partial charge in [0.05, 0.1) is 7.11 Å². The summed E-state index contributed by atoms with van der Waals surface area (Å²) in [6, 6.07) is 0. The van der Waals surface area contributed by atoms with Gasteiger partial charge in [-0.3, -0.25) is 9.59 Å². The molecule has 0 aliphatic rings. The van der Waals surface area contributed by atoms with Gasteiger partial charge in [-0.1, -0.05) is 0 Å². The van der Waals surface area contributed by atoms with Crippen molar-refractivity contribution < 1.29 is 19.1 Å². The van der Waals surface area contributed by atoms with Crippen LogP contribution in [0.25, 0.3) is 0 Å². The molecule has 0 amide bonds. The van der Waals surface area contributed by atoms with E-state index in [1.807, 2.05) is 0 Å². The monoisotopic (exact) mass is 178 g/mol. The van der Waals surface area contributed by atoms with Crippen LogP contribution in [0.3, 0.4) is 0 Å². The minimum absolute atomic E-state index is 0.568. The van der Waals surface area contributed by atoms with E-state index in [2.05, 4.69) is 4.74 Å². The fourth-order valence-electron chi connectivity index (χ4n) is 0.389. The first-order chi connectivity index (χ1) is 5.00. The normalized spacial score (nSPS) is 11.9. The van der Waals surface area contributed by atoms with Crippen LogP contribution in [0.15, 0.2) is 0 Å². The fourth-order valence-corrected chi connectivity index (χ4v) is 0.478. The van der Waals surface area contributed by atoms with Crippen molar-refractivity contribution in [2.75, 3.05) is 7.11 Å². The van der Waals surface area contributed by atoms with Crippen molar-refractivity contribution in [3.63, 3.8) is 0 Å². The van der Waals surface area contributed by atoms with E-state index in [1.165, 1.54) is 0 Å². The smallest absolute Gasteiger partial charge is 0.376 e. The molecule has 0 spiro atoms. The van der Waals surface area contributed by atoms with Crippen LogP contribution in [-0.4, -0.2) is 30.0 Å². The number of hydrogen-bond acceptors (Lipinski definition) is 4. The maximum atomic E-state index is 10.7. The number of alkyl halides is 1. The highest BCUT2D eigenvalue weighted by atomic mass is 35.5. The van der Waals surface area contributed by atoms with Crippen LogP contribution < -0.4 is 0 Å². The van der Waals surface area contributed by atoms with Gasteiger partial charge in [-0.2, -0.15) is 0 Å². The number of ketones is 2. The van der Waals surface area contributed by atoms with Crippen LogP contribution in [0.1, 0.15) is 6.92 Å². The second kappa shape index (κ2) is 4.08. The zero-order valence-corrected chi connectivity index (χ0v) is 6.84. The summed E-state index contributed by atoms with van der Waals surface area (Å²) in [6.07, 6.45) is 0. The predicted molar refractivity (Wildman–Crippen MR) is 37.3 cm³/mol. The third-order valence-electron chi connectivity index (χ3n) is 0.974. The van der Waals surface area contributed by atoms with E-state index in [4.69, 9.17) is 11.6 Å². The first-order valence-electron chi connectivity index (χ1n) is 2.77. The molecule has 5 heteroatoms. The molecule has 0 heterocycles. The summed E-state index contributed by atoms with van der Waals surface area (Å²) in [4.78, 5) is 31.6. The van der Waals surface area contributed by atoms with E-state index in [9.17, 15) is 14.4 Å². The van der Waals surface area contributed by atoms with Gasteiger partial charge in [0.25, 0.3) is 5.78 Å². The van der Waals surface area contributed by atoms with Gasteiger partial charge in [-0.15, -0.1) is 11.6 Å². The van der Waals surface area contributed by atoms with Gasteiger partial charge >= 0.3 is 5.97 Å². The first kappa shape index (κ1) is 10.1. The topological polar surface area (TPSA) is 60.4 Å². The van der Waals surface area contributed by atoms with Crippen molar-refractivity contribution in [2.24, 2.45) is 0 Å². The van der Waals surface area contributed by atoms with Gasteiger partial charge < -0.3 is 4.74 Å². The van der Waals surface area contributed by atoms with Crippen molar-refractivity contribution >= 4 is 29.1 Å². The fraction of sp³-hybridized carbons (Fsp3) is 0.500. The lowest BCUT2D eigenvalue weighted by Crippen LogP contribution is -2.30. The van der Waals surface area contributed by atoms with E-state index < -0.39 is 22.9 Å². The Bertz CT molecular complexity index is 199. The lowest BCUT2D eigenvalue weighted by Gasteiger charge is -2.00.